The number of hydrogen-bond acceptors (Lipinski definition) is 5. The minimum atomic E-state index is -0.574. The lowest BCUT2D eigenvalue weighted by Gasteiger charge is -2.30. The van der Waals surface area contributed by atoms with Crippen LogP contribution in [0.3, 0.4) is 0 Å². The van der Waals surface area contributed by atoms with Crippen LogP contribution in [0.2, 0.25) is 5.02 Å². The summed E-state index contributed by atoms with van der Waals surface area (Å²) in [6, 6.07) is 10.6. The van der Waals surface area contributed by atoms with Crippen LogP contribution >= 0.6 is 23.8 Å². The molecule has 2 aromatic carbocycles. The molecule has 162 valence electrons. The minimum Gasteiger partial charge on any atom is -0.493 e. The summed E-state index contributed by atoms with van der Waals surface area (Å²) in [5, 5.41) is 2.94. The number of anilines is 1. The Morgan fingerprint density at radius 1 is 1.26 bits per heavy atom. The summed E-state index contributed by atoms with van der Waals surface area (Å²) in [4.78, 5) is 27.1. The van der Waals surface area contributed by atoms with Gasteiger partial charge in [-0.25, -0.2) is 0 Å². The van der Waals surface area contributed by atoms with Crippen molar-refractivity contribution in [3.05, 3.63) is 58.1 Å². The quantitative estimate of drug-likeness (QED) is 0.387. The van der Waals surface area contributed by atoms with Crippen molar-refractivity contribution in [3.63, 3.8) is 0 Å². The molecule has 0 radical (unpaired) electrons. The van der Waals surface area contributed by atoms with E-state index >= 15 is 0 Å². The molecule has 2 amide bonds. The smallest absolute Gasteiger partial charge is 0.270 e. The molecule has 0 spiro atoms. The molecule has 1 atom stereocenters. The number of hydrogen-bond donors (Lipinski definition) is 1. The summed E-state index contributed by atoms with van der Waals surface area (Å²) < 4.78 is 11.3. The van der Waals surface area contributed by atoms with Gasteiger partial charge in [-0.1, -0.05) is 36.7 Å². The highest BCUT2D eigenvalue weighted by Crippen LogP contribution is 2.38. The van der Waals surface area contributed by atoms with E-state index in [1.54, 1.807) is 24.3 Å². The largest absolute Gasteiger partial charge is 0.493 e. The van der Waals surface area contributed by atoms with Gasteiger partial charge in [0.25, 0.3) is 11.8 Å². The fourth-order valence-corrected chi connectivity index (χ4v) is 3.62. The number of amides is 2. The first kappa shape index (κ1) is 22.8. The summed E-state index contributed by atoms with van der Waals surface area (Å²) in [6.07, 6.45) is 2.21. The standard InChI is InChI=1S/C23H23ClN2O4S/c1-5-14(3)30-20-17(24)11-15(12-19(20)29-4)10-16-21(27)25-23(31)26(22(16)28)18-9-7-6-8-13(18)2/h6-12,14H,5H2,1-4H3,(H,25,27,31)/b16-10+/t14-/m0/s1. The first-order valence-electron chi connectivity index (χ1n) is 9.78. The number of halogens is 1. The van der Waals surface area contributed by atoms with Gasteiger partial charge >= 0.3 is 0 Å². The Labute approximate surface area is 191 Å². The number of nitrogens with one attached hydrogen (secondary N) is 1. The van der Waals surface area contributed by atoms with E-state index in [0.29, 0.717) is 27.8 Å². The SMILES string of the molecule is CC[C@H](C)Oc1c(Cl)cc(/C=C2\C(=O)NC(=S)N(c3ccccc3C)C2=O)cc1OC. The molecule has 1 aliphatic rings. The third kappa shape index (κ3) is 4.73. The molecule has 1 saturated heterocycles. The molecule has 1 N–H and O–H groups in total. The second-order valence-electron chi connectivity index (χ2n) is 7.12. The van der Waals surface area contributed by atoms with Gasteiger partial charge in [0.1, 0.15) is 5.57 Å². The van der Waals surface area contributed by atoms with Crippen LogP contribution < -0.4 is 19.7 Å². The van der Waals surface area contributed by atoms with Gasteiger partial charge < -0.3 is 9.47 Å². The number of carbonyl (C=O) groups excluding carboxylic acids is 2. The summed E-state index contributed by atoms with van der Waals surface area (Å²) in [5.74, 6) is -0.259. The predicted octanol–water partition coefficient (Wildman–Crippen LogP) is 4.67. The highest BCUT2D eigenvalue weighted by Gasteiger charge is 2.35. The van der Waals surface area contributed by atoms with E-state index in [0.717, 1.165) is 12.0 Å². The Bertz CT molecular complexity index is 1080. The number of para-hydroxylation sites is 1. The van der Waals surface area contributed by atoms with E-state index < -0.39 is 11.8 Å². The van der Waals surface area contributed by atoms with E-state index in [2.05, 4.69) is 5.32 Å². The van der Waals surface area contributed by atoms with Crippen molar-refractivity contribution < 1.29 is 19.1 Å². The molecule has 1 heterocycles. The van der Waals surface area contributed by atoms with Gasteiger partial charge in [0.05, 0.1) is 23.9 Å². The molecule has 1 fully saturated rings. The molecular weight excluding hydrogens is 436 g/mol. The number of methoxy groups -OCH3 is 1. The molecule has 0 aliphatic carbocycles. The van der Waals surface area contributed by atoms with Crippen molar-refractivity contribution in [2.24, 2.45) is 0 Å². The Balaban J connectivity index is 2.03. The number of ether oxygens (including phenoxy) is 2. The highest BCUT2D eigenvalue weighted by atomic mass is 35.5. The number of thiocarbonyl (C=S) groups is 1. The summed E-state index contributed by atoms with van der Waals surface area (Å²) in [6.45, 7) is 5.80. The molecule has 31 heavy (non-hydrogen) atoms. The molecule has 2 aromatic rings. The van der Waals surface area contributed by atoms with Crippen molar-refractivity contribution in [3.8, 4) is 11.5 Å². The van der Waals surface area contributed by atoms with Crippen molar-refractivity contribution >= 4 is 52.5 Å². The Morgan fingerprint density at radius 2 is 1.97 bits per heavy atom. The van der Waals surface area contributed by atoms with E-state index in [1.807, 2.05) is 32.9 Å². The predicted molar refractivity (Wildman–Crippen MR) is 126 cm³/mol. The molecule has 3 rings (SSSR count). The maximum absolute atomic E-state index is 13.2. The summed E-state index contributed by atoms with van der Waals surface area (Å²) in [5.41, 5.74) is 1.92. The zero-order valence-electron chi connectivity index (χ0n) is 17.7. The Hall–Kier alpha value is -2.90. The molecule has 0 unspecified atom stereocenters. The number of nitrogens with zero attached hydrogens (tertiary/aromatic N) is 1. The van der Waals surface area contributed by atoms with E-state index in [-0.39, 0.29) is 16.8 Å². The number of aryl methyl sites for hydroxylation is 1. The first-order valence-corrected chi connectivity index (χ1v) is 10.6. The Morgan fingerprint density at radius 3 is 2.61 bits per heavy atom. The fraction of sp³-hybridized carbons (Fsp3) is 0.261. The lowest BCUT2D eigenvalue weighted by molar-refractivity contribution is -0.122. The molecule has 1 aliphatic heterocycles. The molecule has 0 aromatic heterocycles. The topological polar surface area (TPSA) is 67.9 Å². The second kappa shape index (κ2) is 9.49. The van der Waals surface area contributed by atoms with Gasteiger partial charge in [0.15, 0.2) is 16.6 Å². The third-order valence-electron chi connectivity index (χ3n) is 4.91. The zero-order valence-corrected chi connectivity index (χ0v) is 19.3. The lowest BCUT2D eigenvalue weighted by atomic mass is 10.1. The van der Waals surface area contributed by atoms with E-state index in [1.165, 1.54) is 18.1 Å². The molecule has 0 bridgehead atoms. The van der Waals surface area contributed by atoms with Crippen LogP contribution in [0.5, 0.6) is 11.5 Å². The lowest BCUT2D eigenvalue weighted by Crippen LogP contribution is -2.54. The van der Waals surface area contributed by atoms with Crippen molar-refractivity contribution in [1.82, 2.24) is 5.32 Å². The van der Waals surface area contributed by atoms with Crippen LogP contribution in [0, 0.1) is 6.92 Å². The van der Waals surface area contributed by atoms with E-state index in [9.17, 15) is 9.59 Å². The average molecular weight is 459 g/mol. The third-order valence-corrected chi connectivity index (χ3v) is 5.48. The number of benzene rings is 2. The summed E-state index contributed by atoms with van der Waals surface area (Å²) >= 11 is 11.7. The fourth-order valence-electron chi connectivity index (χ4n) is 3.08. The van der Waals surface area contributed by atoms with Crippen LogP contribution in [-0.4, -0.2) is 30.1 Å². The number of rotatable bonds is 6. The summed E-state index contributed by atoms with van der Waals surface area (Å²) in [7, 11) is 1.50. The highest BCUT2D eigenvalue weighted by molar-refractivity contribution is 7.80. The van der Waals surface area contributed by atoms with Gasteiger partial charge in [-0.3, -0.25) is 19.8 Å². The number of carbonyl (C=O) groups is 2. The van der Waals surface area contributed by atoms with Gasteiger partial charge in [-0.2, -0.15) is 0 Å². The minimum absolute atomic E-state index is 0.0364. The van der Waals surface area contributed by atoms with Crippen LogP contribution in [0.4, 0.5) is 5.69 Å². The monoisotopic (exact) mass is 458 g/mol. The molecule has 0 saturated carbocycles. The molecule has 6 nitrogen and oxygen atoms in total. The maximum atomic E-state index is 13.2. The van der Waals surface area contributed by atoms with Gasteiger partial charge in [-0.05, 0) is 67.9 Å². The van der Waals surface area contributed by atoms with Crippen LogP contribution in [0.1, 0.15) is 31.4 Å². The molecular formula is C23H23ClN2O4S. The first-order chi connectivity index (χ1) is 14.8. The average Bonchev–Trinajstić information content (AvgIpc) is 2.73. The van der Waals surface area contributed by atoms with Crippen molar-refractivity contribution in [2.75, 3.05) is 12.0 Å². The maximum Gasteiger partial charge on any atom is 0.270 e. The molecule has 8 heteroatoms. The van der Waals surface area contributed by atoms with Gasteiger partial charge in [0.2, 0.25) is 0 Å². The van der Waals surface area contributed by atoms with Crippen LogP contribution in [0.15, 0.2) is 42.0 Å². The van der Waals surface area contributed by atoms with Crippen molar-refractivity contribution in [1.29, 1.82) is 0 Å². The normalized spacial score (nSPS) is 16.4. The van der Waals surface area contributed by atoms with Gasteiger partial charge in [-0.15, -0.1) is 0 Å². The van der Waals surface area contributed by atoms with Crippen LogP contribution in [0.25, 0.3) is 6.08 Å². The van der Waals surface area contributed by atoms with Crippen LogP contribution in [-0.2, 0) is 9.59 Å². The second-order valence-corrected chi connectivity index (χ2v) is 7.91. The van der Waals surface area contributed by atoms with E-state index in [4.69, 9.17) is 33.3 Å². The zero-order chi connectivity index (χ0) is 22.7. The van der Waals surface area contributed by atoms with Crippen molar-refractivity contribution in [2.45, 2.75) is 33.3 Å². The van der Waals surface area contributed by atoms with Gasteiger partial charge in [0, 0.05) is 0 Å². The Kier molecular flexibility index (Phi) is 6.97.